The molecule has 0 fully saturated rings. The van der Waals surface area contributed by atoms with Crippen LogP contribution in [-0.4, -0.2) is 62.4 Å². The van der Waals surface area contributed by atoms with Crippen LogP contribution in [0.2, 0.25) is 0 Å². The van der Waals surface area contributed by atoms with Crippen molar-refractivity contribution in [1.82, 2.24) is 10.6 Å². The van der Waals surface area contributed by atoms with Crippen molar-refractivity contribution in [1.29, 1.82) is 0 Å². The van der Waals surface area contributed by atoms with Gasteiger partial charge in [0.15, 0.2) is 0 Å². The summed E-state index contributed by atoms with van der Waals surface area (Å²) in [6.07, 6.45) is -0.996. The lowest BCUT2D eigenvalue weighted by molar-refractivity contribution is -0.142. The van der Waals surface area contributed by atoms with Crippen LogP contribution in [0.15, 0.2) is 36.4 Å². The Hall–Kier alpha value is -3.63. The smallest absolute Gasteiger partial charge is 0.326 e. The molecule has 10 heteroatoms. The molecule has 34 heavy (non-hydrogen) atoms. The van der Waals surface area contributed by atoms with Crippen LogP contribution in [0.5, 0.6) is 11.5 Å². The van der Waals surface area contributed by atoms with E-state index in [4.69, 9.17) is 5.73 Å². The number of nitrogens with one attached hydrogen (secondary N) is 2. The maximum Gasteiger partial charge on any atom is 0.326 e. The Bertz CT molecular complexity index is 1090. The van der Waals surface area contributed by atoms with Crippen LogP contribution in [0.1, 0.15) is 30.9 Å². The highest BCUT2D eigenvalue weighted by Crippen LogP contribution is 2.30. The third-order valence-corrected chi connectivity index (χ3v) is 5.92. The molecule has 0 aromatic heterocycles. The Morgan fingerprint density at radius 3 is 2.09 bits per heavy atom. The predicted octanol–water partition coefficient (Wildman–Crippen LogP) is 0.406. The monoisotopic (exact) mass is 471 g/mol. The van der Waals surface area contributed by atoms with Gasteiger partial charge in [-0.2, -0.15) is 0 Å². The number of aliphatic hydroxyl groups excluding tert-OH is 1. The highest BCUT2D eigenvalue weighted by Gasteiger charge is 2.30. The Kier molecular flexibility index (Phi) is 7.75. The summed E-state index contributed by atoms with van der Waals surface area (Å²) < 4.78 is 0. The Labute approximate surface area is 196 Å². The number of carboxylic acids is 1. The van der Waals surface area contributed by atoms with Crippen molar-refractivity contribution in [3.63, 3.8) is 0 Å². The normalized spacial score (nSPS) is 22.0. The standard InChI is InChI=1S/C24H29N3O7/c1-2-16(28)11-18-23(32)27-19(24(33)34)10-15-8-13(4-6-21(15)30)12-3-5-20(29)14(7-12)9-17(25)22(31)26-18/h3-8,16-19,28-30H,2,9-11,25H2,1H3,(H,26,31)(H,27,32)(H,33,34)/t16-,17-,18-,19-/m0/s1. The number of rotatable bonds is 4. The van der Waals surface area contributed by atoms with Crippen molar-refractivity contribution in [2.45, 2.75) is 56.8 Å². The van der Waals surface area contributed by atoms with Gasteiger partial charge in [0.25, 0.3) is 0 Å². The van der Waals surface area contributed by atoms with Crippen LogP contribution in [0.3, 0.4) is 0 Å². The van der Waals surface area contributed by atoms with Crippen molar-refractivity contribution in [2.24, 2.45) is 5.73 Å². The maximum absolute atomic E-state index is 12.9. The van der Waals surface area contributed by atoms with E-state index in [1.165, 1.54) is 12.1 Å². The number of phenolic OH excluding ortho intramolecular Hbond substituents is 2. The fraction of sp³-hybridized carbons (Fsp3) is 0.375. The minimum atomic E-state index is -1.40. The van der Waals surface area contributed by atoms with Gasteiger partial charge in [-0.15, -0.1) is 0 Å². The number of aliphatic carboxylic acids is 1. The van der Waals surface area contributed by atoms with Crippen molar-refractivity contribution in [3.8, 4) is 22.6 Å². The van der Waals surface area contributed by atoms with Crippen LogP contribution < -0.4 is 16.4 Å². The molecule has 0 saturated heterocycles. The molecule has 3 rings (SSSR count). The van der Waals surface area contributed by atoms with Crippen molar-refractivity contribution >= 4 is 17.8 Å². The number of aromatic hydroxyl groups is 2. The first-order valence-electron chi connectivity index (χ1n) is 11.0. The first-order valence-corrected chi connectivity index (χ1v) is 11.0. The van der Waals surface area contributed by atoms with Gasteiger partial charge in [0, 0.05) is 19.3 Å². The molecule has 0 unspecified atom stereocenters. The molecule has 1 heterocycles. The lowest BCUT2D eigenvalue weighted by atomic mass is 9.95. The zero-order chi connectivity index (χ0) is 25.0. The van der Waals surface area contributed by atoms with E-state index in [-0.39, 0.29) is 30.8 Å². The second kappa shape index (κ2) is 10.5. The van der Waals surface area contributed by atoms with E-state index in [9.17, 15) is 34.8 Å². The zero-order valence-electron chi connectivity index (χ0n) is 18.7. The van der Waals surface area contributed by atoms with E-state index in [2.05, 4.69) is 10.6 Å². The molecular formula is C24H29N3O7. The van der Waals surface area contributed by atoms with Crippen molar-refractivity contribution in [2.75, 3.05) is 0 Å². The molecule has 8 N–H and O–H groups in total. The summed E-state index contributed by atoms with van der Waals surface area (Å²) in [5.41, 5.74) is 8.05. The van der Waals surface area contributed by atoms with Gasteiger partial charge in [-0.1, -0.05) is 19.1 Å². The summed E-state index contributed by atoms with van der Waals surface area (Å²) in [7, 11) is 0. The van der Waals surface area contributed by atoms with E-state index in [0.29, 0.717) is 28.7 Å². The fourth-order valence-corrected chi connectivity index (χ4v) is 3.83. The highest BCUT2D eigenvalue weighted by atomic mass is 16.4. The van der Waals surface area contributed by atoms with Crippen LogP contribution in [0.25, 0.3) is 11.1 Å². The average Bonchev–Trinajstić information content (AvgIpc) is 2.79. The number of hydrogen-bond donors (Lipinski definition) is 7. The number of phenols is 2. The summed E-state index contributed by atoms with van der Waals surface area (Å²) in [5, 5.41) is 45.3. The minimum Gasteiger partial charge on any atom is -0.508 e. The summed E-state index contributed by atoms with van der Waals surface area (Å²) in [6, 6.07) is 5.68. The molecule has 0 saturated carbocycles. The number of hydrogen-bond acceptors (Lipinski definition) is 7. The van der Waals surface area contributed by atoms with Gasteiger partial charge in [0.2, 0.25) is 11.8 Å². The molecule has 2 aromatic carbocycles. The Morgan fingerprint density at radius 2 is 1.56 bits per heavy atom. The Morgan fingerprint density at radius 1 is 1.00 bits per heavy atom. The molecule has 182 valence electrons. The molecule has 0 spiro atoms. The van der Waals surface area contributed by atoms with Crippen molar-refractivity contribution < 1.29 is 34.8 Å². The van der Waals surface area contributed by atoms with Gasteiger partial charge in [-0.25, -0.2) is 4.79 Å². The number of carbonyl (C=O) groups excluding carboxylic acids is 2. The second-order valence-corrected chi connectivity index (χ2v) is 8.46. The van der Waals surface area contributed by atoms with Crippen LogP contribution in [0, 0.1) is 0 Å². The Balaban J connectivity index is 2.09. The number of carboxylic acid groups (broad SMARTS) is 1. The number of benzene rings is 2. The van der Waals surface area contributed by atoms with E-state index in [1.54, 1.807) is 31.2 Å². The van der Waals surface area contributed by atoms with Gasteiger partial charge in [-0.3, -0.25) is 9.59 Å². The summed E-state index contributed by atoms with van der Waals surface area (Å²) in [4.78, 5) is 37.6. The molecule has 4 bridgehead atoms. The zero-order valence-corrected chi connectivity index (χ0v) is 18.7. The largest absolute Gasteiger partial charge is 0.508 e. The lowest BCUT2D eigenvalue weighted by Crippen LogP contribution is -2.56. The lowest BCUT2D eigenvalue weighted by Gasteiger charge is -2.24. The maximum atomic E-state index is 12.9. The number of nitrogens with two attached hydrogens (primary N) is 1. The summed E-state index contributed by atoms with van der Waals surface area (Å²) in [5.74, 6) is -3.01. The van der Waals surface area contributed by atoms with Crippen molar-refractivity contribution in [3.05, 3.63) is 47.5 Å². The molecule has 1 aliphatic heterocycles. The summed E-state index contributed by atoms with van der Waals surface area (Å²) in [6.45, 7) is 1.70. The number of aliphatic hydroxyl groups is 1. The van der Waals surface area contributed by atoms with Crippen LogP contribution >= 0.6 is 0 Å². The molecule has 2 amide bonds. The first-order chi connectivity index (χ1) is 16.1. The van der Waals surface area contributed by atoms with Gasteiger partial charge in [0.1, 0.15) is 23.6 Å². The predicted molar refractivity (Wildman–Crippen MR) is 123 cm³/mol. The molecule has 1 aliphatic rings. The van der Waals surface area contributed by atoms with E-state index in [1.807, 2.05) is 0 Å². The molecular weight excluding hydrogens is 442 g/mol. The van der Waals surface area contributed by atoms with Gasteiger partial charge < -0.3 is 36.8 Å². The fourth-order valence-electron chi connectivity index (χ4n) is 3.83. The van der Waals surface area contributed by atoms with Crippen LogP contribution in [0.4, 0.5) is 0 Å². The summed E-state index contributed by atoms with van der Waals surface area (Å²) >= 11 is 0. The molecule has 4 atom stereocenters. The average molecular weight is 472 g/mol. The quantitative estimate of drug-likeness (QED) is 0.334. The van der Waals surface area contributed by atoms with E-state index < -0.39 is 42.0 Å². The second-order valence-electron chi connectivity index (χ2n) is 8.46. The third-order valence-electron chi connectivity index (χ3n) is 5.92. The van der Waals surface area contributed by atoms with Crippen LogP contribution in [-0.2, 0) is 27.2 Å². The van der Waals surface area contributed by atoms with E-state index in [0.717, 1.165) is 0 Å². The highest BCUT2D eigenvalue weighted by molar-refractivity contribution is 5.92. The number of fused-ring (bicyclic) bond motifs is 5. The molecule has 10 nitrogen and oxygen atoms in total. The molecule has 0 radical (unpaired) electrons. The SMILES string of the molecule is CC[C@H](O)C[C@@H]1NC(=O)[C@@H](N)Cc2cc(ccc2O)-c2ccc(O)c(c2)C[C@@H](C(=O)O)NC1=O. The first kappa shape index (κ1) is 25.0. The molecule has 0 aliphatic carbocycles. The number of amides is 2. The topological polar surface area (TPSA) is 182 Å². The van der Waals surface area contributed by atoms with Gasteiger partial charge in [0.05, 0.1) is 12.1 Å². The number of carbonyl (C=O) groups is 3. The third kappa shape index (κ3) is 5.83. The van der Waals surface area contributed by atoms with E-state index >= 15 is 0 Å². The molecule has 2 aromatic rings. The van der Waals surface area contributed by atoms with Gasteiger partial charge >= 0.3 is 5.97 Å². The van der Waals surface area contributed by atoms with Gasteiger partial charge in [-0.05, 0) is 52.9 Å². The minimum absolute atomic E-state index is 0.0289.